The Kier molecular flexibility index (Phi) is 7.94. The van der Waals surface area contributed by atoms with Crippen LogP contribution in [0, 0.1) is 0 Å². The van der Waals surface area contributed by atoms with Gasteiger partial charge in [-0.2, -0.15) is 0 Å². The minimum absolute atomic E-state index is 0.0960. The lowest BCUT2D eigenvalue weighted by atomic mass is 9.98. The number of carbonyl (C=O) groups is 4. The fourth-order valence-corrected chi connectivity index (χ4v) is 3.82. The number of hydrogen-bond acceptors (Lipinski definition) is 8. The molecule has 0 bridgehead atoms. The predicted octanol–water partition coefficient (Wildman–Crippen LogP) is -0.681. The maximum absolute atomic E-state index is 13.0. The van der Waals surface area contributed by atoms with Crippen LogP contribution >= 0.6 is 0 Å². The SMILES string of the molecule is CNCCN(C)CCOCCOC1=CCCC2=C1C(=O)N(C1CCC(=O)NC1=O)C2=O. The first-order chi connectivity index (χ1) is 14.9. The molecule has 0 aromatic carbocycles. The summed E-state index contributed by atoms with van der Waals surface area (Å²) in [5, 5.41) is 5.29. The van der Waals surface area contributed by atoms with Crippen molar-refractivity contribution in [1.82, 2.24) is 20.4 Å². The third-order valence-corrected chi connectivity index (χ3v) is 5.55. The van der Waals surface area contributed by atoms with Crippen LogP contribution in [0.5, 0.6) is 0 Å². The Morgan fingerprint density at radius 1 is 1.13 bits per heavy atom. The van der Waals surface area contributed by atoms with Gasteiger partial charge in [0.1, 0.15) is 18.4 Å². The first-order valence-electron chi connectivity index (χ1n) is 10.6. The topological polar surface area (TPSA) is 117 Å². The molecule has 4 amide bonds. The lowest BCUT2D eigenvalue weighted by molar-refractivity contribution is -0.150. The van der Waals surface area contributed by atoms with Crippen molar-refractivity contribution in [3.63, 3.8) is 0 Å². The molecule has 0 aromatic heterocycles. The third-order valence-electron chi connectivity index (χ3n) is 5.55. The molecular weight excluding hydrogens is 404 g/mol. The molecule has 0 spiro atoms. The zero-order valence-electron chi connectivity index (χ0n) is 18.1. The highest BCUT2D eigenvalue weighted by Crippen LogP contribution is 2.36. The second-order valence-corrected chi connectivity index (χ2v) is 7.78. The Bertz CT molecular complexity index is 806. The Balaban J connectivity index is 1.51. The maximum atomic E-state index is 13.0. The number of piperidine rings is 1. The summed E-state index contributed by atoms with van der Waals surface area (Å²) >= 11 is 0. The van der Waals surface area contributed by atoms with Crippen LogP contribution in [0.15, 0.2) is 23.0 Å². The first-order valence-corrected chi connectivity index (χ1v) is 10.6. The number of amides is 4. The van der Waals surface area contributed by atoms with Gasteiger partial charge in [-0.1, -0.05) is 0 Å². The zero-order valence-corrected chi connectivity index (χ0v) is 18.1. The van der Waals surface area contributed by atoms with Crippen LogP contribution in [-0.4, -0.2) is 93.0 Å². The van der Waals surface area contributed by atoms with Gasteiger partial charge in [-0.25, -0.2) is 0 Å². The smallest absolute Gasteiger partial charge is 0.265 e. The van der Waals surface area contributed by atoms with E-state index in [0.29, 0.717) is 37.4 Å². The van der Waals surface area contributed by atoms with Gasteiger partial charge >= 0.3 is 0 Å². The Hall–Kier alpha value is -2.56. The number of allylic oxidation sites excluding steroid dienone is 1. The monoisotopic (exact) mass is 434 g/mol. The summed E-state index contributed by atoms with van der Waals surface area (Å²) in [6.45, 7) is 3.82. The fourth-order valence-electron chi connectivity index (χ4n) is 3.82. The highest BCUT2D eigenvalue weighted by molar-refractivity contribution is 6.23. The number of rotatable bonds is 11. The van der Waals surface area contributed by atoms with Gasteiger partial charge in [-0.15, -0.1) is 0 Å². The molecule has 170 valence electrons. The standard InChI is InChI=1S/C21H30N4O6/c1-22-8-9-24(2)10-11-30-12-13-31-16-5-3-4-14-18(16)21(29)25(20(14)28)15-6-7-17(26)23-19(15)27/h5,15,22H,3-4,6-13H2,1-2H3,(H,23,26,27). The molecular formula is C21H30N4O6. The van der Waals surface area contributed by atoms with Gasteiger partial charge in [0.25, 0.3) is 11.8 Å². The molecule has 3 aliphatic rings. The molecule has 0 aromatic rings. The maximum Gasteiger partial charge on any atom is 0.265 e. The van der Waals surface area contributed by atoms with E-state index in [-0.39, 0.29) is 25.0 Å². The summed E-state index contributed by atoms with van der Waals surface area (Å²) in [7, 11) is 3.93. The van der Waals surface area contributed by atoms with Crippen LogP contribution in [0.1, 0.15) is 25.7 Å². The Morgan fingerprint density at radius 3 is 2.68 bits per heavy atom. The van der Waals surface area contributed by atoms with E-state index in [1.54, 1.807) is 6.08 Å². The number of carbonyl (C=O) groups excluding carboxylic acids is 4. The van der Waals surface area contributed by atoms with E-state index in [1.807, 2.05) is 14.1 Å². The van der Waals surface area contributed by atoms with Crippen LogP contribution < -0.4 is 10.6 Å². The summed E-state index contributed by atoms with van der Waals surface area (Å²) in [5.74, 6) is -1.64. The van der Waals surface area contributed by atoms with Crippen molar-refractivity contribution >= 4 is 23.6 Å². The molecule has 0 saturated carbocycles. The van der Waals surface area contributed by atoms with Crippen molar-refractivity contribution in [3.05, 3.63) is 23.0 Å². The van der Waals surface area contributed by atoms with E-state index in [2.05, 4.69) is 15.5 Å². The quantitative estimate of drug-likeness (QED) is 0.325. The van der Waals surface area contributed by atoms with E-state index in [1.165, 1.54) is 0 Å². The lowest BCUT2D eigenvalue weighted by Crippen LogP contribution is -2.54. The molecule has 2 N–H and O–H groups in total. The molecule has 1 atom stereocenters. The molecule has 1 unspecified atom stereocenters. The number of nitrogens with one attached hydrogen (secondary N) is 2. The summed E-state index contributed by atoms with van der Waals surface area (Å²) in [6.07, 6.45) is 3.03. The Labute approximate surface area is 181 Å². The minimum Gasteiger partial charge on any atom is -0.491 e. The Morgan fingerprint density at radius 2 is 1.94 bits per heavy atom. The van der Waals surface area contributed by atoms with Gasteiger partial charge in [0, 0.05) is 31.6 Å². The number of nitrogens with zero attached hydrogens (tertiary/aromatic N) is 2. The minimum atomic E-state index is -0.965. The number of imide groups is 2. The summed E-state index contributed by atoms with van der Waals surface area (Å²) in [6, 6.07) is -0.965. The second kappa shape index (κ2) is 10.7. The molecule has 3 rings (SSSR count). The van der Waals surface area contributed by atoms with Gasteiger partial charge in [-0.05, 0) is 39.4 Å². The highest BCUT2D eigenvalue weighted by Gasteiger charge is 2.47. The molecule has 1 saturated heterocycles. The molecule has 1 fully saturated rings. The van der Waals surface area contributed by atoms with Gasteiger partial charge in [0.05, 0.1) is 18.8 Å². The van der Waals surface area contributed by atoms with Crippen LogP contribution in [0.25, 0.3) is 0 Å². The fraction of sp³-hybridized carbons (Fsp3) is 0.619. The second-order valence-electron chi connectivity index (χ2n) is 7.78. The van der Waals surface area contributed by atoms with Crippen LogP contribution in [0.4, 0.5) is 0 Å². The van der Waals surface area contributed by atoms with Crippen LogP contribution in [0.3, 0.4) is 0 Å². The van der Waals surface area contributed by atoms with Crippen molar-refractivity contribution in [2.24, 2.45) is 0 Å². The largest absolute Gasteiger partial charge is 0.491 e. The van der Waals surface area contributed by atoms with Gasteiger partial charge < -0.3 is 19.7 Å². The van der Waals surface area contributed by atoms with E-state index >= 15 is 0 Å². The summed E-state index contributed by atoms with van der Waals surface area (Å²) < 4.78 is 11.4. The van der Waals surface area contributed by atoms with E-state index in [4.69, 9.17) is 9.47 Å². The molecule has 1 aliphatic carbocycles. The average Bonchev–Trinajstić information content (AvgIpc) is 3.00. The van der Waals surface area contributed by atoms with Crippen molar-refractivity contribution in [3.8, 4) is 0 Å². The molecule has 0 radical (unpaired) electrons. The van der Waals surface area contributed by atoms with Crippen molar-refractivity contribution < 1.29 is 28.7 Å². The van der Waals surface area contributed by atoms with Crippen molar-refractivity contribution in [2.75, 3.05) is 53.6 Å². The molecule has 10 heteroatoms. The highest BCUT2D eigenvalue weighted by atomic mass is 16.5. The molecule has 31 heavy (non-hydrogen) atoms. The lowest BCUT2D eigenvalue weighted by Gasteiger charge is -2.28. The van der Waals surface area contributed by atoms with Crippen LogP contribution in [-0.2, 0) is 28.7 Å². The summed E-state index contributed by atoms with van der Waals surface area (Å²) in [4.78, 5) is 52.6. The van der Waals surface area contributed by atoms with Crippen LogP contribution in [0.2, 0.25) is 0 Å². The van der Waals surface area contributed by atoms with Gasteiger partial charge in [0.2, 0.25) is 11.8 Å². The van der Waals surface area contributed by atoms with E-state index in [0.717, 1.165) is 24.5 Å². The third kappa shape index (κ3) is 5.38. The first kappa shape index (κ1) is 23.1. The van der Waals surface area contributed by atoms with Crippen molar-refractivity contribution in [2.45, 2.75) is 31.7 Å². The van der Waals surface area contributed by atoms with E-state index in [9.17, 15) is 19.2 Å². The van der Waals surface area contributed by atoms with E-state index < -0.39 is 29.7 Å². The number of ether oxygens (including phenoxy) is 2. The number of likely N-dealkylation sites (N-methyl/N-ethyl adjacent to an activating group) is 2. The van der Waals surface area contributed by atoms with Gasteiger partial charge in [-0.3, -0.25) is 29.4 Å². The molecule has 10 nitrogen and oxygen atoms in total. The average molecular weight is 434 g/mol. The molecule has 2 aliphatic heterocycles. The van der Waals surface area contributed by atoms with Crippen molar-refractivity contribution in [1.29, 1.82) is 0 Å². The normalized spacial score (nSPS) is 21.6. The molecule has 2 heterocycles. The van der Waals surface area contributed by atoms with Gasteiger partial charge in [0.15, 0.2) is 0 Å². The number of hydrogen-bond donors (Lipinski definition) is 2. The summed E-state index contributed by atoms with van der Waals surface area (Å²) in [5.41, 5.74) is 0.604. The zero-order chi connectivity index (χ0) is 22.4. The predicted molar refractivity (Wildman–Crippen MR) is 111 cm³/mol.